The molecule has 7 atom stereocenters. The van der Waals surface area contributed by atoms with E-state index in [9.17, 15) is 43.5 Å². The number of H-pyrrole nitrogens is 1. The quantitative estimate of drug-likeness (QED) is 0.0850. The van der Waals surface area contributed by atoms with Gasteiger partial charge in [0.2, 0.25) is 35.4 Å². The number of carboxylic acids is 2. The summed E-state index contributed by atoms with van der Waals surface area (Å²) in [5.74, 6) is -6.93. The molecule has 53 heavy (non-hydrogen) atoms. The summed E-state index contributed by atoms with van der Waals surface area (Å²) in [5, 5.41) is 28.3. The lowest BCUT2D eigenvalue weighted by atomic mass is 10.0. The second-order valence-electron chi connectivity index (χ2n) is 14.4. The van der Waals surface area contributed by atoms with Gasteiger partial charge in [-0.05, 0) is 50.9 Å². The third kappa shape index (κ3) is 11.7. The Morgan fingerprint density at radius 1 is 0.811 bits per heavy atom. The van der Waals surface area contributed by atoms with Crippen LogP contribution < -0.4 is 27.0 Å². The van der Waals surface area contributed by atoms with Crippen LogP contribution in [0.3, 0.4) is 0 Å². The molecule has 0 aromatic carbocycles. The van der Waals surface area contributed by atoms with Crippen LogP contribution in [0.4, 0.5) is 0 Å². The van der Waals surface area contributed by atoms with Crippen LogP contribution in [0.2, 0.25) is 0 Å². The molecule has 1 aromatic heterocycles. The zero-order valence-electron chi connectivity index (χ0n) is 30.8. The van der Waals surface area contributed by atoms with Crippen LogP contribution in [0.5, 0.6) is 0 Å². The second kappa shape index (κ2) is 19.1. The lowest BCUT2D eigenvalue weighted by Gasteiger charge is -2.32. The van der Waals surface area contributed by atoms with Gasteiger partial charge in [-0.25, -0.2) is 9.78 Å². The van der Waals surface area contributed by atoms with E-state index >= 15 is 0 Å². The Morgan fingerprint density at radius 2 is 1.38 bits per heavy atom. The highest BCUT2D eigenvalue weighted by Crippen LogP contribution is 2.22. The maximum Gasteiger partial charge on any atom is 0.326 e. The van der Waals surface area contributed by atoms with Gasteiger partial charge >= 0.3 is 11.9 Å². The fourth-order valence-corrected chi connectivity index (χ4v) is 6.39. The van der Waals surface area contributed by atoms with Crippen LogP contribution in [0.25, 0.3) is 0 Å². The van der Waals surface area contributed by atoms with Gasteiger partial charge in [0, 0.05) is 31.4 Å². The van der Waals surface area contributed by atoms with Gasteiger partial charge in [0.05, 0.1) is 18.8 Å². The summed E-state index contributed by atoms with van der Waals surface area (Å²) >= 11 is 0. The van der Waals surface area contributed by atoms with Crippen molar-refractivity contribution in [3.63, 3.8) is 0 Å². The predicted octanol–water partition coefficient (Wildman–Crippen LogP) is -1.52. The molecule has 9 N–H and O–H groups in total. The Bertz CT molecular complexity index is 1500. The van der Waals surface area contributed by atoms with E-state index in [0.717, 1.165) is 0 Å². The lowest BCUT2D eigenvalue weighted by Crippen LogP contribution is -2.60. The fraction of sp³-hybridized carbons (Fsp3) is 0.676. The van der Waals surface area contributed by atoms with Crippen molar-refractivity contribution < 1.29 is 48.6 Å². The van der Waals surface area contributed by atoms with E-state index in [1.807, 2.05) is 27.7 Å². The number of nitrogens with one attached hydrogen (secondary N) is 5. The van der Waals surface area contributed by atoms with Gasteiger partial charge in [-0.15, -0.1) is 0 Å². The number of aromatic nitrogens is 2. The molecule has 2 fully saturated rings. The van der Waals surface area contributed by atoms with Crippen molar-refractivity contribution in [3.05, 3.63) is 18.2 Å². The van der Waals surface area contributed by atoms with Crippen molar-refractivity contribution in [1.82, 2.24) is 41.0 Å². The van der Waals surface area contributed by atoms with Crippen LogP contribution in [-0.2, 0) is 44.8 Å². The Morgan fingerprint density at radius 3 is 1.89 bits per heavy atom. The minimum atomic E-state index is -1.71. The van der Waals surface area contributed by atoms with Crippen LogP contribution in [0.15, 0.2) is 12.5 Å². The van der Waals surface area contributed by atoms with Crippen molar-refractivity contribution in [2.24, 2.45) is 17.6 Å². The number of aromatic amines is 1. The number of carbonyl (C=O) groups excluding carboxylic acids is 6. The van der Waals surface area contributed by atoms with E-state index in [0.29, 0.717) is 31.5 Å². The summed E-state index contributed by atoms with van der Waals surface area (Å²) in [7, 11) is 0. The smallest absolute Gasteiger partial charge is 0.326 e. The largest absolute Gasteiger partial charge is 0.481 e. The van der Waals surface area contributed by atoms with Crippen LogP contribution in [0, 0.1) is 11.8 Å². The van der Waals surface area contributed by atoms with E-state index < -0.39 is 90.2 Å². The molecule has 2 saturated heterocycles. The predicted molar refractivity (Wildman–Crippen MR) is 187 cm³/mol. The van der Waals surface area contributed by atoms with E-state index in [-0.39, 0.29) is 43.6 Å². The molecule has 294 valence electrons. The van der Waals surface area contributed by atoms with E-state index in [1.54, 1.807) is 0 Å². The summed E-state index contributed by atoms with van der Waals surface area (Å²) in [4.78, 5) is 113. The van der Waals surface area contributed by atoms with Crippen LogP contribution in [-0.4, -0.2) is 133 Å². The molecule has 0 radical (unpaired) electrons. The normalized spacial score (nSPS) is 19.9. The number of carbonyl (C=O) groups is 8. The van der Waals surface area contributed by atoms with Gasteiger partial charge in [0.15, 0.2) is 0 Å². The Hall–Kier alpha value is -5.07. The number of carboxylic acid groups (broad SMARTS) is 2. The highest BCUT2D eigenvalue weighted by Gasteiger charge is 2.41. The molecular formula is C34H53N9O10. The minimum absolute atomic E-state index is 0.00374. The number of imidazole rings is 1. The van der Waals surface area contributed by atoms with Crippen molar-refractivity contribution in [2.45, 2.75) is 122 Å². The topological polar surface area (TPSA) is 286 Å². The zero-order chi connectivity index (χ0) is 39.6. The Labute approximate surface area is 307 Å². The molecule has 0 aliphatic carbocycles. The van der Waals surface area contributed by atoms with Crippen LogP contribution in [0.1, 0.15) is 78.8 Å². The summed E-state index contributed by atoms with van der Waals surface area (Å²) in [5.41, 5.74) is 6.64. The summed E-state index contributed by atoms with van der Waals surface area (Å²) in [6, 6.07) is -7.89. The summed E-state index contributed by atoms with van der Waals surface area (Å²) in [6.45, 7) is 9.16. The molecule has 0 spiro atoms. The zero-order valence-corrected chi connectivity index (χ0v) is 30.8. The van der Waals surface area contributed by atoms with Gasteiger partial charge in [-0.3, -0.25) is 33.6 Å². The number of hydrogen-bond donors (Lipinski definition) is 8. The maximum absolute atomic E-state index is 14.1. The molecule has 2 aliphatic rings. The summed E-state index contributed by atoms with van der Waals surface area (Å²) in [6.07, 6.45) is 3.91. The molecule has 2 aliphatic heterocycles. The third-order valence-electron chi connectivity index (χ3n) is 9.36. The van der Waals surface area contributed by atoms with Crippen molar-refractivity contribution in [2.75, 3.05) is 13.1 Å². The molecule has 19 nitrogen and oxygen atoms in total. The highest BCUT2D eigenvalue weighted by atomic mass is 16.4. The van der Waals surface area contributed by atoms with Gasteiger partial charge < -0.3 is 52.0 Å². The first-order chi connectivity index (χ1) is 24.9. The van der Waals surface area contributed by atoms with Crippen molar-refractivity contribution in [3.8, 4) is 0 Å². The first-order valence-corrected chi connectivity index (χ1v) is 17.9. The number of rotatable bonds is 18. The molecule has 19 heteroatoms. The first-order valence-electron chi connectivity index (χ1n) is 17.9. The average Bonchev–Trinajstić information content (AvgIpc) is 3.88. The van der Waals surface area contributed by atoms with Gasteiger partial charge in [0.25, 0.3) is 0 Å². The monoisotopic (exact) mass is 747 g/mol. The number of nitrogens with zero attached hydrogens (tertiary/aromatic N) is 3. The van der Waals surface area contributed by atoms with Gasteiger partial charge in [0.1, 0.15) is 36.3 Å². The summed E-state index contributed by atoms with van der Waals surface area (Å²) < 4.78 is 0. The lowest BCUT2D eigenvalue weighted by molar-refractivity contribution is -0.147. The molecule has 0 saturated carbocycles. The Balaban J connectivity index is 1.75. The van der Waals surface area contributed by atoms with E-state index in [1.165, 1.54) is 29.2 Å². The SMILES string of the molecule is CC(C)C[C@H](NC(=O)[C@H](Cc1cnc[nH]1)NC(=O)[C@@H]1CCCN1C(=O)[C@@H](N)C(C)C)C(=O)N1CCC[C@H]1C(=O)N[C@@H](C)C(=O)N[C@@H](CC(=O)O)C(=O)O. The minimum Gasteiger partial charge on any atom is -0.481 e. The Kier molecular flexibility index (Phi) is 15.3. The molecular weight excluding hydrogens is 694 g/mol. The van der Waals surface area contributed by atoms with E-state index in [2.05, 4.69) is 31.2 Å². The molecule has 1 aromatic rings. The van der Waals surface area contributed by atoms with Crippen molar-refractivity contribution in [1.29, 1.82) is 0 Å². The highest BCUT2D eigenvalue weighted by molar-refractivity contribution is 5.97. The van der Waals surface area contributed by atoms with Crippen molar-refractivity contribution >= 4 is 47.4 Å². The van der Waals surface area contributed by atoms with Gasteiger partial charge in [-0.2, -0.15) is 0 Å². The average molecular weight is 748 g/mol. The second-order valence-corrected chi connectivity index (χ2v) is 14.4. The van der Waals surface area contributed by atoms with Crippen LogP contribution >= 0.6 is 0 Å². The van der Waals surface area contributed by atoms with E-state index in [4.69, 9.17) is 10.8 Å². The number of aliphatic carboxylic acids is 2. The van der Waals surface area contributed by atoms with Gasteiger partial charge in [-0.1, -0.05) is 27.7 Å². The first kappa shape index (κ1) is 42.3. The molecule has 0 unspecified atom stereocenters. The number of nitrogens with two attached hydrogens (primary N) is 1. The number of amides is 6. The molecule has 0 bridgehead atoms. The molecule has 3 heterocycles. The maximum atomic E-state index is 14.1. The fourth-order valence-electron chi connectivity index (χ4n) is 6.39. The molecule has 3 rings (SSSR count). The number of hydrogen-bond acceptors (Lipinski definition) is 10. The molecule has 6 amide bonds. The number of likely N-dealkylation sites (tertiary alicyclic amines) is 2. The third-order valence-corrected chi connectivity index (χ3v) is 9.36. The standard InChI is InChI=1S/C34H53N9O10/c1-17(2)12-22(32(50)42-10-6-8-24(42)30(48)38-19(5)28(46)41-23(34(52)53)14-26(44)45)40-29(47)21(13-20-15-36-16-37-20)39-31(49)25-9-7-11-43(25)33(51)27(35)18(3)4/h15-19,21-25,27H,6-14,35H2,1-5H3,(H,36,37)(H,38,48)(H,39,49)(H,40,47)(H,41,46)(H,44,45)(H,52,53)/t19-,21-,22-,23-,24-,25-,27-/m0/s1.